The van der Waals surface area contributed by atoms with E-state index < -0.39 is 6.04 Å². The number of hydrogen-bond acceptors (Lipinski definition) is 3. The number of hydrogen-bond donors (Lipinski definition) is 1. The second-order valence-corrected chi connectivity index (χ2v) is 9.99. The standard InChI is InChI=1S/C27H36N2O2S/c1-20-12-14-23(15-13-20)18-32-19-26(30)29(17-24-9-7-8-21(2)16-24)22(3)27(31)28-25-10-5-4-6-11-25/h7-9,12-16,22,25H,4-6,10-11,17-19H2,1-3H3,(H,28,31)/t22-/m0/s1. The van der Waals surface area contributed by atoms with Gasteiger partial charge in [-0.15, -0.1) is 11.8 Å². The number of carbonyl (C=O) groups excluding carboxylic acids is 2. The van der Waals surface area contributed by atoms with E-state index in [-0.39, 0.29) is 17.9 Å². The van der Waals surface area contributed by atoms with Crippen LogP contribution in [0.4, 0.5) is 0 Å². The molecule has 0 aliphatic heterocycles. The highest BCUT2D eigenvalue weighted by molar-refractivity contribution is 7.99. The van der Waals surface area contributed by atoms with E-state index in [0.29, 0.717) is 12.3 Å². The maximum atomic E-state index is 13.2. The van der Waals surface area contributed by atoms with Crippen molar-refractivity contribution in [1.82, 2.24) is 10.2 Å². The third kappa shape index (κ3) is 7.40. The van der Waals surface area contributed by atoms with E-state index in [1.165, 1.54) is 30.4 Å². The Morgan fingerprint density at radius 1 is 1.00 bits per heavy atom. The summed E-state index contributed by atoms with van der Waals surface area (Å²) in [4.78, 5) is 28.0. The van der Waals surface area contributed by atoms with Gasteiger partial charge in [0.05, 0.1) is 5.75 Å². The molecule has 5 heteroatoms. The lowest BCUT2D eigenvalue weighted by molar-refractivity contribution is -0.139. The van der Waals surface area contributed by atoms with E-state index in [0.717, 1.165) is 29.7 Å². The molecule has 1 atom stereocenters. The summed E-state index contributed by atoms with van der Waals surface area (Å²) in [5.41, 5.74) is 4.65. The van der Waals surface area contributed by atoms with Crippen LogP contribution < -0.4 is 5.32 Å². The Morgan fingerprint density at radius 3 is 2.41 bits per heavy atom. The molecule has 0 aromatic heterocycles. The molecule has 1 N–H and O–H groups in total. The van der Waals surface area contributed by atoms with Gasteiger partial charge in [0.1, 0.15) is 6.04 Å². The van der Waals surface area contributed by atoms with E-state index in [1.807, 2.05) is 32.0 Å². The summed E-state index contributed by atoms with van der Waals surface area (Å²) in [5.74, 6) is 1.12. The number of nitrogens with zero attached hydrogens (tertiary/aromatic N) is 1. The molecule has 2 amide bonds. The molecule has 0 saturated heterocycles. The van der Waals surface area contributed by atoms with Crippen LogP contribution in [0.2, 0.25) is 0 Å². The minimum atomic E-state index is -0.495. The average molecular weight is 453 g/mol. The van der Waals surface area contributed by atoms with Crippen LogP contribution >= 0.6 is 11.8 Å². The number of carbonyl (C=O) groups is 2. The zero-order valence-electron chi connectivity index (χ0n) is 19.6. The van der Waals surface area contributed by atoms with Crippen LogP contribution in [0.25, 0.3) is 0 Å². The summed E-state index contributed by atoms with van der Waals surface area (Å²) in [5, 5.41) is 3.20. The molecule has 4 nitrogen and oxygen atoms in total. The molecule has 1 aliphatic carbocycles. The van der Waals surface area contributed by atoms with Crippen LogP contribution in [0.15, 0.2) is 48.5 Å². The first-order chi connectivity index (χ1) is 15.4. The van der Waals surface area contributed by atoms with Crippen molar-refractivity contribution in [1.29, 1.82) is 0 Å². The van der Waals surface area contributed by atoms with Gasteiger partial charge in [0.15, 0.2) is 0 Å². The van der Waals surface area contributed by atoms with Crippen molar-refractivity contribution in [3.8, 4) is 0 Å². The highest BCUT2D eigenvalue weighted by Gasteiger charge is 2.28. The Morgan fingerprint density at radius 2 is 1.72 bits per heavy atom. The van der Waals surface area contributed by atoms with Gasteiger partial charge in [-0.05, 0) is 44.7 Å². The lowest BCUT2D eigenvalue weighted by Gasteiger charge is -2.31. The fourth-order valence-electron chi connectivity index (χ4n) is 4.18. The van der Waals surface area contributed by atoms with Gasteiger partial charge in [-0.2, -0.15) is 0 Å². The molecule has 0 bridgehead atoms. The van der Waals surface area contributed by atoms with Crippen LogP contribution in [-0.2, 0) is 21.9 Å². The summed E-state index contributed by atoms with van der Waals surface area (Å²) >= 11 is 1.60. The topological polar surface area (TPSA) is 49.4 Å². The first kappa shape index (κ1) is 24.4. The van der Waals surface area contributed by atoms with Gasteiger partial charge in [-0.3, -0.25) is 9.59 Å². The van der Waals surface area contributed by atoms with Crippen LogP contribution in [0.1, 0.15) is 61.3 Å². The molecule has 1 fully saturated rings. The van der Waals surface area contributed by atoms with Gasteiger partial charge in [-0.1, -0.05) is 78.9 Å². The van der Waals surface area contributed by atoms with E-state index in [4.69, 9.17) is 0 Å². The minimum absolute atomic E-state index is 0.00918. The van der Waals surface area contributed by atoms with Crippen LogP contribution in [0, 0.1) is 13.8 Å². The highest BCUT2D eigenvalue weighted by atomic mass is 32.2. The quantitative estimate of drug-likeness (QED) is 0.554. The molecular formula is C27H36N2O2S. The van der Waals surface area contributed by atoms with Crippen molar-refractivity contribution in [3.05, 3.63) is 70.8 Å². The Labute approximate surface area is 197 Å². The monoisotopic (exact) mass is 452 g/mol. The number of nitrogens with one attached hydrogen (secondary N) is 1. The molecule has 0 radical (unpaired) electrons. The van der Waals surface area contributed by atoms with Gasteiger partial charge in [-0.25, -0.2) is 0 Å². The Kier molecular flexibility index (Phi) is 9.22. The van der Waals surface area contributed by atoms with Gasteiger partial charge in [0.2, 0.25) is 11.8 Å². The number of benzene rings is 2. The number of rotatable bonds is 9. The van der Waals surface area contributed by atoms with Crippen molar-refractivity contribution in [2.24, 2.45) is 0 Å². The lowest BCUT2D eigenvalue weighted by atomic mass is 9.95. The SMILES string of the molecule is Cc1ccc(CSCC(=O)N(Cc2cccc(C)c2)[C@@H](C)C(=O)NC2CCCCC2)cc1. The van der Waals surface area contributed by atoms with Gasteiger partial charge in [0.25, 0.3) is 0 Å². The summed E-state index contributed by atoms with van der Waals surface area (Å²) in [7, 11) is 0. The molecule has 0 heterocycles. The highest BCUT2D eigenvalue weighted by Crippen LogP contribution is 2.19. The first-order valence-corrected chi connectivity index (χ1v) is 12.9. The fraction of sp³-hybridized carbons (Fsp3) is 0.481. The Balaban J connectivity index is 1.64. The largest absolute Gasteiger partial charge is 0.352 e. The van der Waals surface area contributed by atoms with Crippen molar-refractivity contribution in [2.45, 2.75) is 77.3 Å². The van der Waals surface area contributed by atoms with Crippen LogP contribution in [0.5, 0.6) is 0 Å². The Bertz CT molecular complexity index is 891. The smallest absolute Gasteiger partial charge is 0.242 e. The molecule has 0 unspecified atom stereocenters. The molecule has 172 valence electrons. The van der Waals surface area contributed by atoms with E-state index in [1.54, 1.807) is 16.7 Å². The third-order valence-electron chi connectivity index (χ3n) is 6.17. The van der Waals surface area contributed by atoms with Gasteiger partial charge in [0, 0.05) is 18.3 Å². The molecule has 1 aliphatic rings. The Hall–Kier alpha value is -2.27. The third-order valence-corrected chi connectivity index (χ3v) is 7.16. The van der Waals surface area contributed by atoms with Crippen molar-refractivity contribution < 1.29 is 9.59 Å². The minimum Gasteiger partial charge on any atom is -0.352 e. The second-order valence-electron chi connectivity index (χ2n) is 9.01. The predicted molar refractivity (Wildman–Crippen MR) is 134 cm³/mol. The average Bonchev–Trinajstić information content (AvgIpc) is 2.79. The van der Waals surface area contributed by atoms with Crippen molar-refractivity contribution in [2.75, 3.05) is 5.75 Å². The number of aryl methyl sites for hydroxylation is 2. The maximum Gasteiger partial charge on any atom is 0.242 e. The van der Waals surface area contributed by atoms with Gasteiger partial charge >= 0.3 is 0 Å². The summed E-state index contributed by atoms with van der Waals surface area (Å²) in [6.07, 6.45) is 5.66. The summed E-state index contributed by atoms with van der Waals surface area (Å²) in [6.45, 7) is 6.43. The van der Waals surface area contributed by atoms with E-state index >= 15 is 0 Å². The van der Waals surface area contributed by atoms with Crippen LogP contribution in [0.3, 0.4) is 0 Å². The predicted octanol–water partition coefficient (Wildman–Crippen LogP) is 5.40. The molecule has 32 heavy (non-hydrogen) atoms. The maximum absolute atomic E-state index is 13.2. The summed E-state index contributed by atoms with van der Waals surface area (Å²) < 4.78 is 0. The number of thioether (sulfide) groups is 1. The molecular weight excluding hydrogens is 416 g/mol. The second kappa shape index (κ2) is 12.1. The molecule has 1 saturated carbocycles. The van der Waals surface area contributed by atoms with Gasteiger partial charge < -0.3 is 10.2 Å². The lowest BCUT2D eigenvalue weighted by Crippen LogP contribution is -2.50. The number of amides is 2. The molecule has 0 spiro atoms. The fourth-order valence-corrected chi connectivity index (χ4v) is 5.05. The molecule has 2 aromatic rings. The molecule has 2 aromatic carbocycles. The zero-order valence-corrected chi connectivity index (χ0v) is 20.4. The summed E-state index contributed by atoms with van der Waals surface area (Å²) in [6, 6.07) is 16.3. The van der Waals surface area contributed by atoms with E-state index in [9.17, 15) is 9.59 Å². The first-order valence-electron chi connectivity index (χ1n) is 11.7. The molecule has 3 rings (SSSR count). The zero-order chi connectivity index (χ0) is 22.9. The van der Waals surface area contributed by atoms with E-state index in [2.05, 4.69) is 42.6 Å². The van der Waals surface area contributed by atoms with Crippen molar-refractivity contribution in [3.63, 3.8) is 0 Å². The normalized spacial score (nSPS) is 15.2. The van der Waals surface area contributed by atoms with Crippen molar-refractivity contribution >= 4 is 23.6 Å². The van der Waals surface area contributed by atoms with Crippen LogP contribution in [-0.4, -0.2) is 34.6 Å².